The molecule has 106 valence electrons. The second-order valence-corrected chi connectivity index (χ2v) is 5.58. The molecule has 1 fully saturated rings. The summed E-state index contributed by atoms with van der Waals surface area (Å²) in [5.41, 5.74) is 2.42. The molecule has 5 heteroatoms. The molecule has 1 saturated heterocycles. The maximum atomic E-state index is 5.48. The van der Waals surface area contributed by atoms with E-state index in [1.165, 1.54) is 5.56 Å². The third-order valence-corrected chi connectivity index (χ3v) is 4.29. The second kappa shape index (κ2) is 6.59. The van der Waals surface area contributed by atoms with E-state index in [0.717, 1.165) is 54.3 Å². The Morgan fingerprint density at radius 2 is 1.95 bits per heavy atom. The summed E-state index contributed by atoms with van der Waals surface area (Å²) in [6, 6.07) is 1.99. The molecule has 0 radical (unpaired) electrons. The molecule has 0 aliphatic carbocycles. The first-order valence-corrected chi connectivity index (χ1v) is 7.29. The van der Waals surface area contributed by atoms with Gasteiger partial charge in [-0.2, -0.15) is 0 Å². The number of halogens is 1. The number of nitrogens with one attached hydrogen (secondary N) is 1. The number of methoxy groups -OCH3 is 2. The summed E-state index contributed by atoms with van der Waals surface area (Å²) in [5.74, 6) is 1.60. The van der Waals surface area contributed by atoms with Crippen molar-refractivity contribution >= 4 is 15.9 Å². The van der Waals surface area contributed by atoms with Crippen molar-refractivity contribution in [1.29, 1.82) is 0 Å². The molecule has 19 heavy (non-hydrogen) atoms. The third kappa shape index (κ3) is 3.22. The second-order valence-electron chi connectivity index (χ2n) is 4.72. The summed E-state index contributed by atoms with van der Waals surface area (Å²) in [4.78, 5) is 2.45. The van der Waals surface area contributed by atoms with E-state index < -0.39 is 0 Å². The molecule has 0 unspecified atom stereocenters. The number of hydrogen-bond acceptors (Lipinski definition) is 4. The molecule has 0 atom stereocenters. The molecular formula is C14H21BrN2O2. The van der Waals surface area contributed by atoms with E-state index in [2.05, 4.69) is 33.1 Å². The van der Waals surface area contributed by atoms with Crippen LogP contribution in [0.15, 0.2) is 10.5 Å². The van der Waals surface area contributed by atoms with Crippen molar-refractivity contribution in [2.24, 2.45) is 0 Å². The number of piperazine rings is 1. The number of rotatable bonds is 4. The van der Waals surface area contributed by atoms with Crippen molar-refractivity contribution in [2.75, 3.05) is 40.4 Å². The van der Waals surface area contributed by atoms with E-state index in [4.69, 9.17) is 9.47 Å². The molecule has 1 heterocycles. The van der Waals surface area contributed by atoms with Crippen LogP contribution in [-0.4, -0.2) is 45.3 Å². The van der Waals surface area contributed by atoms with Crippen molar-refractivity contribution in [3.05, 3.63) is 21.7 Å². The zero-order chi connectivity index (χ0) is 13.8. The van der Waals surface area contributed by atoms with Crippen molar-refractivity contribution < 1.29 is 9.47 Å². The van der Waals surface area contributed by atoms with E-state index in [0.29, 0.717) is 0 Å². The Bertz CT molecular complexity index is 446. The van der Waals surface area contributed by atoms with Crippen LogP contribution in [-0.2, 0) is 6.54 Å². The molecular weight excluding hydrogens is 308 g/mol. The minimum absolute atomic E-state index is 0.774. The molecule has 2 rings (SSSR count). The highest BCUT2D eigenvalue weighted by Crippen LogP contribution is 2.38. The van der Waals surface area contributed by atoms with Gasteiger partial charge in [0.15, 0.2) is 11.5 Å². The Balaban J connectivity index is 2.28. The molecule has 1 aromatic carbocycles. The molecule has 0 saturated carbocycles. The van der Waals surface area contributed by atoms with Gasteiger partial charge in [-0.05, 0) is 18.6 Å². The van der Waals surface area contributed by atoms with Crippen LogP contribution in [0, 0.1) is 6.92 Å². The van der Waals surface area contributed by atoms with Gasteiger partial charge in [-0.3, -0.25) is 4.90 Å². The Hall–Kier alpha value is -0.780. The van der Waals surface area contributed by atoms with Crippen LogP contribution in [0.3, 0.4) is 0 Å². The van der Waals surface area contributed by atoms with E-state index in [-0.39, 0.29) is 0 Å². The highest BCUT2D eigenvalue weighted by Gasteiger charge is 2.18. The van der Waals surface area contributed by atoms with E-state index in [9.17, 15) is 0 Å². The first-order chi connectivity index (χ1) is 9.17. The van der Waals surface area contributed by atoms with E-state index >= 15 is 0 Å². The maximum absolute atomic E-state index is 5.48. The summed E-state index contributed by atoms with van der Waals surface area (Å²) in [7, 11) is 3.35. The van der Waals surface area contributed by atoms with E-state index in [1.807, 2.05) is 6.07 Å². The smallest absolute Gasteiger partial charge is 0.164 e. The van der Waals surface area contributed by atoms with Gasteiger partial charge in [-0.1, -0.05) is 15.9 Å². The summed E-state index contributed by atoms with van der Waals surface area (Å²) in [5, 5.41) is 3.37. The lowest BCUT2D eigenvalue weighted by molar-refractivity contribution is 0.232. The highest BCUT2D eigenvalue weighted by molar-refractivity contribution is 9.10. The monoisotopic (exact) mass is 328 g/mol. The van der Waals surface area contributed by atoms with Gasteiger partial charge >= 0.3 is 0 Å². The average Bonchev–Trinajstić information content (AvgIpc) is 2.44. The van der Waals surface area contributed by atoms with Gasteiger partial charge in [0.25, 0.3) is 0 Å². The zero-order valence-corrected chi connectivity index (χ0v) is 13.3. The average molecular weight is 329 g/mol. The number of benzene rings is 1. The fourth-order valence-electron chi connectivity index (χ4n) is 2.46. The number of nitrogens with zero attached hydrogens (tertiary/aromatic N) is 1. The van der Waals surface area contributed by atoms with Crippen LogP contribution in [0.1, 0.15) is 11.1 Å². The first kappa shape index (κ1) is 14.6. The molecule has 0 bridgehead atoms. The SMILES string of the molecule is COc1cc(Br)c(CN2CCNCC2)c(C)c1OC. The van der Waals surface area contributed by atoms with Gasteiger partial charge in [0.05, 0.1) is 14.2 Å². The highest BCUT2D eigenvalue weighted by atomic mass is 79.9. The quantitative estimate of drug-likeness (QED) is 0.918. The Morgan fingerprint density at radius 3 is 2.53 bits per heavy atom. The molecule has 0 spiro atoms. The standard InChI is InChI=1S/C14H21BrN2O2/c1-10-11(9-17-6-4-16-5-7-17)12(15)8-13(18-2)14(10)19-3/h8,16H,4-7,9H2,1-3H3. The Kier molecular flexibility index (Phi) is 5.07. The first-order valence-electron chi connectivity index (χ1n) is 6.50. The molecule has 1 aliphatic heterocycles. The summed E-state index contributed by atoms with van der Waals surface area (Å²) >= 11 is 3.65. The lowest BCUT2D eigenvalue weighted by atomic mass is 10.1. The van der Waals surface area contributed by atoms with Gasteiger partial charge in [0.1, 0.15) is 0 Å². The van der Waals surface area contributed by atoms with Gasteiger partial charge in [-0.15, -0.1) is 0 Å². The van der Waals surface area contributed by atoms with Crippen LogP contribution in [0.4, 0.5) is 0 Å². The number of ether oxygens (including phenoxy) is 2. The van der Waals surface area contributed by atoms with Gasteiger partial charge in [0.2, 0.25) is 0 Å². The van der Waals surface area contributed by atoms with Crippen molar-refractivity contribution in [3.8, 4) is 11.5 Å². The van der Waals surface area contributed by atoms with Crippen LogP contribution in [0.2, 0.25) is 0 Å². The Morgan fingerprint density at radius 1 is 1.26 bits per heavy atom. The maximum Gasteiger partial charge on any atom is 0.164 e. The Labute approximate surface area is 123 Å². The molecule has 0 aromatic heterocycles. The van der Waals surface area contributed by atoms with Crippen LogP contribution >= 0.6 is 15.9 Å². The summed E-state index contributed by atoms with van der Waals surface area (Å²) in [6.07, 6.45) is 0. The summed E-state index contributed by atoms with van der Waals surface area (Å²) in [6.45, 7) is 7.31. The lowest BCUT2D eigenvalue weighted by Crippen LogP contribution is -2.43. The van der Waals surface area contributed by atoms with Crippen molar-refractivity contribution in [1.82, 2.24) is 10.2 Å². The van der Waals surface area contributed by atoms with Crippen molar-refractivity contribution in [2.45, 2.75) is 13.5 Å². The zero-order valence-electron chi connectivity index (χ0n) is 11.8. The van der Waals surface area contributed by atoms with E-state index in [1.54, 1.807) is 14.2 Å². The fourth-order valence-corrected chi connectivity index (χ4v) is 3.09. The van der Waals surface area contributed by atoms with Crippen LogP contribution in [0.5, 0.6) is 11.5 Å². The predicted molar refractivity (Wildman–Crippen MR) is 80.1 cm³/mol. The van der Waals surface area contributed by atoms with Gasteiger partial charge in [0, 0.05) is 42.8 Å². The third-order valence-electron chi connectivity index (χ3n) is 3.58. The normalized spacial score (nSPS) is 16.4. The minimum Gasteiger partial charge on any atom is -0.493 e. The van der Waals surface area contributed by atoms with Crippen LogP contribution in [0.25, 0.3) is 0 Å². The molecule has 1 N–H and O–H groups in total. The van der Waals surface area contributed by atoms with Crippen LogP contribution < -0.4 is 14.8 Å². The predicted octanol–water partition coefficient (Wildman–Crippen LogP) is 2.18. The molecule has 0 amide bonds. The summed E-state index contributed by atoms with van der Waals surface area (Å²) < 4.78 is 11.9. The van der Waals surface area contributed by atoms with Crippen molar-refractivity contribution in [3.63, 3.8) is 0 Å². The fraction of sp³-hybridized carbons (Fsp3) is 0.571. The number of hydrogen-bond donors (Lipinski definition) is 1. The topological polar surface area (TPSA) is 33.7 Å². The van der Waals surface area contributed by atoms with Gasteiger partial charge < -0.3 is 14.8 Å². The molecule has 1 aromatic rings. The molecule has 1 aliphatic rings. The molecule has 4 nitrogen and oxygen atoms in total. The minimum atomic E-state index is 0.774. The lowest BCUT2D eigenvalue weighted by Gasteiger charge is -2.28. The van der Waals surface area contributed by atoms with Gasteiger partial charge in [-0.25, -0.2) is 0 Å². The largest absolute Gasteiger partial charge is 0.493 e.